The summed E-state index contributed by atoms with van der Waals surface area (Å²) in [6.45, 7) is 0. The van der Waals surface area contributed by atoms with Crippen molar-refractivity contribution in [2.24, 2.45) is 0 Å². The lowest BCUT2D eigenvalue weighted by atomic mass is 10.1. The number of nitrogens with one attached hydrogen (secondary N) is 1. The monoisotopic (exact) mass is 328 g/mol. The molecule has 3 aromatic heterocycles. The van der Waals surface area contributed by atoms with Gasteiger partial charge in [-0.15, -0.1) is 0 Å². The summed E-state index contributed by atoms with van der Waals surface area (Å²) in [5.41, 5.74) is 4.81. The number of ether oxygens (including phenoxy) is 1. The molecule has 0 amide bonds. The summed E-state index contributed by atoms with van der Waals surface area (Å²) in [4.78, 5) is 16.5. The highest BCUT2D eigenvalue weighted by Crippen LogP contribution is 2.26. The Morgan fingerprint density at radius 3 is 2.56 bits per heavy atom. The molecule has 5 heteroatoms. The van der Waals surface area contributed by atoms with Crippen molar-refractivity contribution in [2.45, 2.75) is 0 Å². The molecule has 4 rings (SSSR count). The Labute approximate surface area is 145 Å². The van der Waals surface area contributed by atoms with E-state index in [4.69, 9.17) is 4.74 Å². The Balaban J connectivity index is 1.69. The lowest BCUT2D eigenvalue weighted by Gasteiger charge is -2.05. The molecule has 0 aliphatic rings. The predicted molar refractivity (Wildman–Crippen MR) is 97.0 cm³/mol. The second kappa shape index (κ2) is 6.57. The minimum absolute atomic E-state index is 0.722. The molecule has 0 aliphatic heterocycles. The first kappa shape index (κ1) is 15.1. The van der Waals surface area contributed by atoms with Gasteiger partial charge in [0.1, 0.15) is 11.4 Å². The summed E-state index contributed by atoms with van der Waals surface area (Å²) in [5, 5.41) is 0. The van der Waals surface area contributed by atoms with Gasteiger partial charge in [0, 0.05) is 18.0 Å². The number of hydrogen-bond acceptors (Lipinski definition) is 4. The van der Waals surface area contributed by atoms with E-state index in [-0.39, 0.29) is 0 Å². The maximum absolute atomic E-state index is 5.25. The molecule has 5 nitrogen and oxygen atoms in total. The van der Waals surface area contributed by atoms with Crippen LogP contribution in [0.3, 0.4) is 0 Å². The van der Waals surface area contributed by atoms with Crippen LogP contribution >= 0.6 is 0 Å². The number of hydrogen-bond donors (Lipinski definition) is 1. The van der Waals surface area contributed by atoms with Crippen molar-refractivity contribution in [1.82, 2.24) is 19.9 Å². The second-order valence-electron chi connectivity index (χ2n) is 5.55. The largest absolute Gasteiger partial charge is 0.495 e. The second-order valence-corrected chi connectivity index (χ2v) is 5.55. The fourth-order valence-electron chi connectivity index (χ4n) is 2.64. The quantitative estimate of drug-likeness (QED) is 0.609. The standard InChI is InChI=1S/C20H16N4O/c1-25-17-9-16(11-21-12-17)15-7-8-22-18(10-15)20-23-13-19(24-20)14-5-3-2-4-6-14/h2-13H,1H3,(H,23,24). The van der Waals surface area contributed by atoms with Crippen molar-refractivity contribution < 1.29 is 4.74 Å². The number of rotatable bonds is 4. The van der Waals surface area contributed by atoms with Crippen molar-refractivity contribution in [3.8, 4) is 39.7 Å². The SMILES string of the molecule is COc1cncc(-c2ccnc(-c3ncc(-c4ccccc4)[nH]3)c2)c1. The summed E-state index contributed by atoms with van der Waals surface area (Å²) in [6.07, 6.45) is 7.09. The molecule has 0 spiro atoms. The van der Waals surface area contributed by atoms with Crippen molar-refractivity contribution in [2.75, 3.05) is 7.11 Å². The van der Waals surface area contributed by atoms with Gasteiger partial charge in [-0.1, -0.05) is 30.3 Å². The maximum Gasteiger partial charge on any atom is 0.156 e. The fourth-order valence-corrected chi connectivity index (χ4v) is 2.64. The van der Waals surface area contributed by atoms with E-state index in [0.29, 0.717) is 0 Å². The number of nitrogens with zero attached hydrogens (tertiary/aromatic N) is 3. The molecule has 0 bridgehead atoms. The molecule has 0 fully saturated rings. The van der Waals surface area contributed by atoms with Crippen molar-refractivity contribution >= 4 is 0 Å². The minimum atomic E-state index is 0.722. The van der Waals surface area contributed by atoms with Crippen LogP contribution < -0.4 is 4.74 Å². The first-order valence-electron chi connectivity index (χ1n) is 7.90. The zero-order valence-corrected chi connectivity index (χ0v) is 13.7. The smallest absolute Gasteiger partial charge is 0.156 e. The lowest BCUT2D eigenvalue weighted by Crippen LogP contribution is -1.89. The average Bonchev–Trinajstić information content (AvgIpc) is 3.19. The van der Waals surface area contributed by atoms with Gasteiger partial charge in [-0.05, 0) is 29.3 Å². The third-order valence-electron chi connectivity index (χ3n) is 3.95. The summed E-state index contributed by atoms with van der Waals surface area (Å²) in [7, 11) is 1.63. The first-order valence-corrected chi connectivity index (χ1v) is 7.90. The molecule has 0 aliphatic carbocycles. The zero-order chi connectivity index (χ0) is 17.1. The maximum atomic E-state index is 5.25. The molecular formula is C20H16N4O. The number of aromatic amines is 1. The Morgan fingerprint density at radius 1 is 0.840 bits per heavy atom. The van der Waals surface area contributed by atoms with Crippen LogP contribution in [0.2, 0.25) is 0 Å². The van der Waals surface area contributed by atoms with Gasteiger partial charge in [0.15, 0.2) is 5.82 Å². The van der Waals surface area contributed by atoms with Crippen LogP contribution in [0.4, 0.5) is 0 Å². The van der Waals surface area contributed by atoms with Crippen LogP contribution in [0.1, 0.15) is 0 Å². The Bertz CT molecular complexity index is 995. The molecular weight excluding hydrogens is 312 g/mol. The molecule has 122 valence electrons. The van der Waals surface area contributed by atoms with Crippen molar-refractivity contribution in [3.05, 3.63) is 73.3 Å². The van der Waals surface area contributed by atoms with Crippen LogP contribution in [0.5, 0.6) is 5.75 Å². The Kier molecular flexibility index (Phi) is 3.96. The van der Waals surface area contributed by atoms with Gasteiger partial charge in [0.25, 0.3) is 0 Å². The molecule has 0 saturated heterocycles. The third kappa shape index (κ3) is 3.12. The average molecular weight is 328 g/mol. The van der Waals surface area contributed by atoms with Gasteiger partial charge in [0.05, 0.1) is 25.2 Å². The van der Waals surface area contributed by atoms with E-state index < -0.39 is 0 Å². The molecule has 4 aromatic rings. The molecule has 0 atom stereocenters. The summed E-state index contributed by atoms with van der Waals surface area (Å²) in [5.74, 6) is 1.46. The van der Waals surface area contributed by atoms with Crippen LogP contribution in [-0.4, -0.2) is 27.0 Å². The van der Waals surface area contributed by atoms with Gasteiger partial charge < -0.3 is 9.72 Å². The number of imidazole rings is 1. The van der Waals surface area contributed by atoms with E-state index in [9.17, 15) is 0 Å². The van der Waals surface area contributed by atoms with Crippen molar-refractivity contribution in [1.29, 1.82) is 0 Å². The van der Waals surface area contributed by atoms with E-state index in [1.807, 2.05) is 54.7 Å². The summed E-state index contributed by atoms with van der Waals surface area (Å²) < 4.78 is 5.25. The van der Waals surface area contributed by atoms with Gasteiger partial charge >= 0.3 is 0 Å². The first-order chi connectivity index (χ1) is 12.3. The van der Waals surface area contributed by atoms with Crippen LogP contribution in [-0.2, 0) is 0 Å². The van der Waals surface area contributed by atoms with Gasteiger partial charge in [-0.3, -0.25) is 9.97 Å². The molecule has 1 aromatic carbocycles. The summed E-state index contributed by atoms with van der Waals surface area (Å²) in [6, 6.07) is 16.0. The number of methoxy groups -OCH3 is 1. The van der Waals surface area contributed by atoms with Gasteiger partial charge in [-0.25, -0.2) is 4.98 Å². The Morgan fingerprint density at radius 2 is 1.72 bits per heavy atom. The molecule has 0 radical (unpaired) electrons. The van der Waals surface area contributed by atoms with E-state index in [2.05, 4.69) is 19.9 Å². The zero-order valence-electron chi connectivity index (χ0n) is 13.7. The molecule has 3 heterocycles. The van der Waals surface area contributed by atoms with Gasteiger partial charge in [-0.2, -0.15) is 0 Å². The predicted octanol–water partition coefficient (Wildman–Crippen LogP) is 4.21. The third-order valence-corrected chi connectivity index (χ3v) is 3.95. The van der Waals surface area contributed by atoms with Crippen LogP contribution in [0.15, 0.2) is 73.3 Å². The fraction of sp³-hybridized carbons (Fsp3) is 0.0500. The topological polar surface area (TPSA) is 63.7 Å². The number of aromatic nitrogens is 4. The molecule has 25 heavy (non-hydrogen) atoms. The molecule has 0 unspecified atom stereocenters. The Hall–Kier alpha value is -3.47. The number of pyridine rings is 2. The molecule has 1 N–H and O–H groups in total. The summed E-state index contributed by atoms with van der Waals surface area (Å²) >= 11 is 0. The lowest BCUT2D eigenvalue weighted by molar-refractivity contribution is 0.413. The van der Waals surface area contributed by atoms with Crippen LogP contribution in [0, 0.1) is 0 Å². The molecule has 0 saturated carbocycles. The van der Waals surface area contributed by atoms with E-state index in [1.54, 1.807) is 25.7 Å². The normalized spacial score (nSPS) is 10.6. The van der Waals surface area contributed by atoms with Crippen LogP contribution in [0.25, 0.3) is 33.9 Å². The van der Waals surface area contributed by atoms with Crippen molar-refractivity contribution in [3.63, 3.8) is 0 Å². The minimum Gasteiger partial charge on any atom is -0.495 e. The highest BCUT2D eigenvalue weighted by molar-refractivity contribution is 5.69. The highest BCUT2D eigenvalue weighted by atomic mass is 16.5. The number of benzene rings is 1. The van der Waals surface area contributed by atoms with E-state index >= 15 is 0 Å². The van der Waals surface area contributed by atoms with E-state index in [0.717, 1.165) is 39.7 Å². The highest BCUT2D eigenvalue weighted by Gasteiger charge is 2.08. The number of H-pyrrole nitrogens is 1. The van der Waals surface area contributed by atoms with E-state index in [1.165, 1.54) is 0 Å². The van der Waals surface area contributed by atoms with Gasteiger partial charge in [0.2, 0.25) is 0 Å².